The number of esters is 1. The van der Waals surface area contributed by atoms with E-state index in [1.165, 1.54) is 7.11 Å². The molecule has 0 bridgehead atoms. The first kappa shape index (κ1) is 13.0. The Bertz CT molecular complexity index is 388. The van der Waals surface area contributed by atoms with Crippen molar-refractivity contribution in [2.45, 2.75) is 20.0 Å². The van der Waals surface area contributed by atoms with Crippen LogP contribution in [-0.2, 0) is 9.53 Å². The number of rotatable bonds is 3. The first-order valence-corrected chi connectivity index (χ1v) is 5.30. The summed E-state index contributed by atoms with van der Waals surface area (Å²) in [6.07, 6.45) is -0.992. The number of benzene rings is 1. The van der Waals surface area contributed by atoms with Crippen LogP contribution in [0.1, 0.15) is 25.5 Å². The highest BCUT2D eigenvalue weighted by atomic mass is 35.5. The van der Waals surface area contributed by atoms with Crippen LogP contribution in [-0.4, -0.2) is 18.2 Å². The van der Waals surface area contributed by atoms with Gasteiger partial charge in [-0.1, -0.05) is 29.8 Å². The molecule has 0 aliphatic carbocycles. The van der Waals surface area contributed by atoms with E-state index in [0.717, 1.165) is 0 Å². The van der Waals surface area contributed by atoms with E-state index < -0.39 is 17.5 Å². The van der Waals surface area contributed by atoms with Gasteiger partial charge in [-0.3, -0.25) is 4.79 Å². The van der Waals surface area contributed by atoms with Gasteiger partial charge in [0.25, 0.3) is 0 Å². The summed E-state index contributed by atoms with van der Waals surface area (Å²) in [5, 5.41) is 10.6. The van der Waals surface area contributed by atoms with E-state index in [0.29, 0.717) is 10.6 Å². The normalized spacial score (nSPS) is 13.3. The minimum Gasteiger partial charge on any atom is -0.469 e. The topological polar surface area (TPSA) is 46.5 Å². The molecule has 16 heavy (non-hydrogen) atoms. The molecule has 1 unspecified atom stereocenters. The van der Waals surface area contributed by atoms with Gasteiger partial charge in [-0.2, -0.15) is 0 Å². The fraction of sp³-hybridized carbons (Fsp3) is 0.417. The van der Waals surface area contributed by atoms with Crippen LogP contribution in [0.25, 0.3) is 0 Å². The quantitative estimate of drug-likeness (QED) is 0.829. The second kappa shape index (κ2) is 4.85. The molecule has 1 aromatic rings. The summed E-state index contributed by atoms with van der Waals surface area (Å²) >= 11 is 5.96. The molecule has 0 heterocycles. The third-order valence-corrected chi connectivity index (χ3v) is 2.94. The molecule has 0 saturated heterocycles. The van der Waals surface area contributed by atoms with Crippen LogP contribution in [0, 0.1) is 5.41 Å². The molecule has 0 amide bonds. The summed E-state index contributed by atoms with van der Waals surface area (Å²) in [6.45, 7) is 3.24. The highest BCUT2D eigenvalue weighted by Gasteiger charge is 2.38. The average molecular weight is 243 g/mol. The fourth-order valence-corrected chi connectivity index (χ4v) is 1.70. The van der Waals surface area contributed by atoms with Crippen LogP contribution in [0.2, 0.25) is 5.02 Å². The predicted molar refractivity (Wildman–Crippen MR) is 62.2 cm³/mol. The SMILES string of the molecule is COC(=O)C(C)(C)C(O)c1ccccc1Cl. The fourth-order valence-electron chi connectivity index (χ4n) is 1.46. The van der Waals surface area contributed by atoms with Crippen molar-refractivity contribution >= 4 is 17.6 Å². The van der Waals surface area contributed by atoms with E-state index in [1.54, 1.807) is 38.1 Å². The van der Waals surface area contributed by atoms with E-state index in [-0.39, 0.29) is 0 Å². The highest BCUT2D eigenvalue weighted by Crippen LogP contribution is 2.37. The first-order chi connectivity index (χ1) is 7.41. The van der Waals surface area contributed by atoms with Gasteiger partial charge in [-0.25, -0.2) is 0 Å². The van der Waals surface area contributed by atoms with E-state index in [2.05, 4.69) is 4.74 Å². The maximum absolute atomic E-state index is 11.5. The Labute approximate surface area is 100.0 Å². The Morgan fingerprint density at radius 3 is 2.50 bits per heavy atom. The Morgan fingerprint density at radius 1 is 1.44 bits per heavy atom. The Balaban J connectivity index is 3.07. The number of halogens is 1. The van der Waals surface area contributed by atoms with Crippen molar-refractivity contribution in [2.24, 2.45) is 5.41 Å². The van der Waals surface area contributed by atoms with Crippen molar-refractivity contribution in [3.05, 3.63) is 34.9 Å². The zero-order valence-electron chi connectivity index (χ0n) is 9.53. The molecule has 1 N–H and O–H groups in total. The van der Waals surface area contributed by atoms with Crippen LogP contribution in [0.3, 0.4) is 0 Å². The number of ether oxygens (including phenoxy) is 1. The van der Waals surface area contributed by atoms with E-state index in [9.17, 15) is 9.90 Å². The molecule has 0 aliphatic rings. The second-order valence-corrected chi connectivity index (χ2v) is 4.54. The standard InChI is InChI=1S/C12H15ClO3/c1-12(2,11(15)16-3)10(14)8-6-4-5-7-9(8)13/h4-7,10,14H,1-3H3. The molecule has 0 saturated carbocycles. The number of hydrogen-bond donors (Lipinski definition) is 1. The molecule has 1 aromatic carbocycles. The second-order valence-electron chi connectivity index (χ2n) is 4.14. The summed E-state index contributed by atoms with van der Waals surface area (Å²) < 4.78 is 4.66. The number of carbonyl (C=O) groups excluding carboxylic acids is 1. The molecule has 1 rings (SSSR count). The number of hydrogen-bond acceptors (Lipinski definition) is 3. The van der Waals surface area contributed by atoms with Gasteiger partial charge in [0.05, 0.1) is 18.6 Å². The maximum atomic E-state index is 11.5. The van der Waals surface area contributed by atoms with Crippen LogP contribution < -0.4 is 0 Å². The third-order valence-electron chi connectivity index (χ3n) is 2.59. The Hall–Kier alpha value is -1.06. The highest BCUT2D eigenvalue weighted by molar-refractivity contribution is 6.31. The lowest BCUT2D eigenvalue weighted by atomic mass is 9.82. The van der Waals surface area contributed by atoms with E-state index in [4.69, 9.17) is 11.6 Å². The van der Waals surface area contributed by atoms with Gasteiger partial charge < -0.3 is 9.84 Å². The molecule has 0 aromatic heterocycles. The van der Waals surface area contributed by atoms with Gasteiger partial charge in [0.1, 0.15) is 0 Å². The summed E-state index contributed by atoms with van der Waals surface area (Å²) in [5.41, 5.74) is -0.501. The van der Waals surface area contributed by atoms with Gasteiger partial charge in [0.2, 0.25) is 0 Å². The van der Waals surface area contributed by atoms with Crippen LogP contribution >= 0.6 is 11.6 Å². The number of aliphatic hydroxyl groups is 1. The van der Waals surface area contributed by atoms with Crippen molar-refractivity contribution < 1.29 is 14.6 Å². The molecule has 1 atom stereocenters. The van der Waals surface area contributed by atoms with Crippen molar-refractivity contribution in [1.29, 1.82) is 0 Å². The number of methoxy groups -OCH3 is 1. The lowest BCUT2D eigenvalue weighted by molar-refractivity contribution is -0.157. The molecule has 4 heteroatoms. The lowest BCUT2D eigenvalue weighted by Crippen LogP contribution is -2.32. The largest absolute Gasteiger partial charge is 0.469 e. The van der Waals surface area contributed by atoms with Gasteiger partial charge in [-0.15, -0.1) is 0 Å². The molecule has 0 spiro atoms. The molecule has 0 radical (unpaired) electrons. The Morgan fingerprint density at radius 2 is 2.00 bits per heavy atom. The molecule has 3 nitrogen and oxygen atoms in total. The smallest absolute Gasteiger partial charge is 0.314 e. The molecular formula is C12H15ClO3. The van der Waals surface area contributed by atoms with Crippen LogP contribution in [0.15, 0.2) is 24.3 Å². The third kappa shape index (κ3) is 2.36. The first-order valence-electron chi connectivity index (χ1n) is 4.92. The van der Waals surface area contributed by atoms with Gasteiger partial charge >= 0.3 is 5.97 Å². The molecule has 0 aliphatic heterocycles. The van der Waals surface area contributed by atoms with Gasteiger partial charge in [0.15, 0.2) is 0 Å². The summed E-state index contributed by atoms with van der Waals surface area (Å²) in [5.74, 6) is -0.472. The van der Waals surface area contributed by atoms with Crippen molar-refractivity contribution in [3.8, 4) is 0 Å². The zero-order valence-corrected chi connectivity index (χ0v) is 10.3. The molecule has 88 valence electrons. The van der Waals surface area contributed by atoms with Crippen molar-refractivity contribution in [3.63, 3.8) is 0 Å². The van der Waals surface area contributed by atoms with Crippen molar-refractivity contribution in [2.75, 3.05) is 7.11 Å². The minimum atomic E-state index is -1.03. The molecule has 0 fully saturated rings. The number of carbonyl (C=O) groups is 1. The van der Waals surface area contributed by atoms with Gasteiger partial charge in [-0.05, 0) is 19.9 Å². The van der Waals surface area contributed by atoms with Crippen LogP contribution in [0.5, 0.6) is 0 Å². The number of aliphatic hydroxyl groups excluding tert-OH is 1. The van der Waals surface area contributed by atoms with Crippen LogP contribution in [0.4, 0.5) is 0 Å². The summed E-state index contributed by atoms with van der Waals surface area (Å²) in [4.78, 5) is 11.5. The summed E-state index contributed by atoms with van der Waals surface area (Å²) in [6, 6.07) is 6.90. The summed E-state index contributed by atoms with van der Waals surface area (Å²) in [7, 11) is 1.30. The Kier molecular flexibility index (Phi) is 3.94. The van der Waals surface area contributed by atoms with E-state index in [1.807, 2.05) is 0 Å². The van der Waals surface area contributed by atoms with Crippen molar-refractivity contribution in [1.82, 2.24) is 0 Å². The molecular weight excluding hydrogens is 228 g/mol. The lowest BCUT2D eigenvalue weighted by Gasteiger charge is -2.28. The monoisotopic (exact) mass is 242 g/mol. The average Bonchev–Trinajstić information content (AvgIpc) is 2.27. The van der Waals surface area contributed by atoms with Gasteiger partial charge in [0, 0.05) is 10.6 Å². The van der Waals surface area contributed by atoms with E-state index >= 15 is 0 Å². The predicted octanol–water partition coefficient (Wildman–Crippen LogP) is 2.57. The zero-order chi connectivity index (χ0) is 12.3. The minimum absolute atomic E-state index is 0.437. The maximum Gasteiger partial charge on any atom is 0.314 e.